The van der Waals surface area contributed by atoms with E-state index < -0.39 is 0 Å². The molecule has 4 nitrogen and oxygen atoms in total. The van der Waals surface area contributed by atoms with Crippen molar-refractivity contribution in [2.24, 2.45) is 0 Å². The summed E-state index contributed by atoms with van der Waals surface area (Å²) in [7, 11) is 0. The third-order valence-electron chi connectivity index (χ3n) is 3.54. The van der Waals surface area contributed by atoms with E-state index in [9.17, 15) is 0 Å². The minimum Gasteiger partial charge on any atom is -0.375 e. The third kappa shape index (κ3) is 3.67. The molecule has 2 heterocycles. The second kappa shape index (κ2) is 6.87. The first kappa shape index (κ1) is 14.3. The van der Waals surface area contributed by atoms with Crippen LogP contribution in [0.25, 0.3) is 0 Å². The van der Waals surface area contributed by atoms with Gasteiger partial charge in [0.05, 0.1) is 12.7 Å². The van der Waals surface area contributed by atoms with Gasteiger partial charge in [-0.15, -0.1) is 0 Å². The second-order valence-corrected chi connectivity index (χ2v) is 5.33. The number of ether oxygens (including phenoxy) is 1. The van der Waals surface area contributed by atoms with Crippen LogP contribution in [0.3, 0.4) is 0 Å². The van der Waals surface area contributed by atoms with E-state index in [1.807, 2.05) is 12.4 Å². The Morgan fingerprint density at radius 2 is 2.32 bits per heavy atom. The first-order valence-electron chi connectivity index (χ1n) is 7.24. The molecule has 1 aliphatic heterocycles. The van der Waals surface area contributed by atoms with Gasteiger partial charge in [-0.25, -0.2) is 0 Å². The molecule has 0 saturated carbocycles. The molecule has 0 aliphatic carbocycles. The molecule has 0 bridgehead atoms. The van der Waals surface area contributed by atoms with Gasteiger partial charge in [-0.2, -0.15) is 0 Å². The van der Waals surface area contributed by atoms with Crippen LogP contribution in [0.5, 0.6) is 0 Å². The standard InChI is InChI=1S/C15H25N3O/c1-4-6-16-8-14-9-17-7-5-15(14)18-10-13(3)19-11-12(18)2/h5,7,9,12-13,16H,4,6,8,10-11H2,1-3H3. The Hall–Kier alpha value is -1.13. The molecule has 0 spiro atoms. The summed E-state index contributed by atoms with van der Waals surface area (Å²) in [5.74, 6) is 0. The lowest BCUT2D eigenvalue weighted by Crippen LogP contribution is -2.47. The third-order valence-corrected chi connectivity index (χ3v) is 3.54. The van der Waals surface area contributed by atoms with Crippen LogP contribution in [0, 0.1) is 0 Å². The highest BCUT2D eigenvalue weighted by Gasteiger charge is 2.25. The van der Waals surface area contributed by atoms with E-state index in [0.29, 0.717) is 12.1 Å². The van der Waals surface area contributed by atoms with Gasteiger partial charge < -0.3 is 15.0 Å². The molecular weight excluding hydrogens is 238 g/mol. The summed E-state index contributed by atoms with van der Waals surface area (Å²) in [4.78, 5) is 6.71. The molecule has 19 heavy (non-hydrogen) atoms. The second-order valence-electron chi connectivity index (χ2n) is 5.33. The normalized spacial score (nSPS) is 23.6. The lowest BCUT2D eigenvalue weighted by molar-refractivity contribution is 0.0343. The van der Waals surface area contributed by atoms with Crippen LogP contribution in [0.4, 0.5) is 5.69 Å². The molecule has 1 aromatic heterocycles. The maximum Gasteiger partial charge on any atom is 0.0723 e. The predicted molar refractivity (Wildman–Crippen MR) is 78.5 cm³/mol. The van der Waals surface area contributed by atoms with Gasteiger partial charge in [-0.05, 0) is 32.9 Å². The Morgan fingerprint density at radius 1 is 1.47 bits per heavy atom. The molecular formula is C15H25N3O. The fourth-order valence-corrected chi connectivity index (χ4v) is 2.47. The molecule has 106 valence electrons. The first-order valence-corrected chi connectivity index (χ1v) is 7.24. The largest absolute Gasteiger partial charge is 0.375 e. The highest BCUT2D eigenvalue weighted by molar-refractivity contribution is 5.53. The summed E-state index contributed by atoms with van der Waals surface area (Å²) < 4.78 is 5.71. The van der Waals surface area contributed by atoms with E-state index in [1.165, 1.54) is 11.3 Å². The fraction of sp³-hybridized carbons (Fsp3) is 0.667. The van der Waals surface area contributed by atoms with E-state index in [2.05, 4.69) is 42.0 Å². The van der Waals surface area contributed by atoms with Crippen LogP contribution in [0.15, 0.2) is 18.5 Å². The van der Waals surface area contributed by atoms with Gasteiger partial charge in [0.1, 0.15) is 0 Å². The summed E-state index contributed by atoms with van der Waals surface area (Å²) in [5.41, 5.74) is 2.57. The average molecular weight is 263 g/mol. The summed E-state index contributed by atoms with van der Waals surface area (Å²) in [6.07, 6.45) is 5.30. The Labute approximate surface area is 116 Å². The zero-order chi connectivity index (χ0) is 13.7. The molecule has 1 aromatic rings. The highest BCUT2D eigenvalue weighted by atomic mass is 16.5. The van der Waals surface area contributed by atoms with Gasteiger partial charge in [-0.3, -0.25) is 4.98 Å². The quantitative estimate of drug-likeness (QED) is 0.826. The fourth-order valence-electron chi connectivity index (χ4n) is 2.47. The molecule has 2 rings (SSSR count). The predicted octanol–water partition coefficient (Wildman–Crippen LogP) is 2.19. The van der Waals surface area contributed by atoms with E-state index in [-0.39, 0.29) is 0 Å². The number of nitrogens with one attached hydrogen (secondary N) is 1. The molecule has 1 fully saturated rings. The SMILES string of the molecule is CCCNCc1cnccc1N1CC(C)OCC1C. The van der Waals surface area contributed by atoms with Gasteiger partial charge >= 0.3 is 0 Å². The molecule has 4 heteroatoms. The lowest BCUT2D eigenvalue weighted by atomic mass is 10.1. The van der Waals surface area contributed by atoms with Crippen molar-refractivity contribution in [1.82, 2.24) is 10.3 Å². The zero-order valence-corrected chi connectivity index (χ0v) is 12.2. The van der Waals surface area contributed by atoms with Crippen LogP contribution in [-0.4, -0.2) is 36.8 Å². The van der Waals surface area contributed by atoms with Crippen molar-refractivity contribution in [3.8, 4) is 0 Å². The van der Waals surface area contributed by atoms with Crippen LogP contribution in [0.2, 0.25) is 0 Å². The smallest absolute Gasteiger partial charge is 0.0723 e. The lowest BCUT2D eigenvalue weighted by Gasteiger charge is -2.39. The van der Waals surface area contributed by atoms with Crippen LogP contribution >= 0.6 is 0 Å². The summed E-state index contributed by atoms with van der Waals surface area (Å²) in [6, 6.07) is 2.54. The van der Waals surface area contributed by atoms with Gasteiger partial charge in [-0.1, -0.05) is 6.92 Å². The topological polar surface area (TPSA) is 37.4 Å². The average Bonchev–Trinajstić information content (AvgIpc) is 2.42. The highest BCUT2D eigenvalue weighted by Crippen LogP contribution is 2.25. The van der Waals surface area contributed by atoms with Gasteiger partial charge in [0, 0.05) is 42.8 Å². The van der Waals surface area contributed by atoms with Crippen molar-refractivity contribution >= 4 is 5.69 Å². The zero-order valence-electron chi connectivity index (χ0n) is 12.2. The molecule has 1 aliphatic rings. The van der Waals surface area contributed by atoms with Crippen LogP contribution < -0.4 is 10.2 Å². The van der Waals surface area contributed by atoms with Crippen LogP contribution in [-0.2, 0) is 11.3 Å². The minimum atomic E-state index is 0.292. The Kier molecular flexibility index (Phi) is 5.16. The number of anilines is 1. The number of rotatable bonds is 5. The Balaban J connectivity index is 2.13. The Morgan fingerprint density at radius 3 is 3.11 bits per heavy atom. The molecule has 0 radical (unpaired) electrons. The number of aromatic nitrogens is 1. The van der Waals surface area contributed by atoms with Crippen molar-refractivity contribution in [3.63, 3.8) is 0 Å². The summed E-state index contributed by atoms with van der Waals surface area (Å²) in [5, 5.41) is 3.46. The maximum atomic E-state index is 5.71. The van der Waals surface area contributed by atoms with Crippen LogP contribution in [0.1, 0.15) is 32.8 Å². The first-order chi connectivity index (χ1) is 9.22. The minimum absolute atomic E-state index is 0.292. The molecule has 0 aromatic carbocycles. The van der Waals surface area contributed by atoms with E-state index >= 15 is 0 Å². The molecule has 0 amide bonds. The number of hydrogen-bond donors (Lipinski definition) is 1. The number of pyridine rings is 1. The van der Waals surface area contributed by atoms with E-state index in [1.54, 1.807) is 0 Å². The monoisotopic (exact) mass is 263 g/mol. The van der Waals surface area contributed by atoms with Crippen molar-refractivity contribution in [1.29, 1.82) is 0 Å². The van der Waals surface area contributed by atoms with Crippen molar-refractivity contribution < 1.29 is 4.74 Å². The van der Waals surface area contributed by atoms with Gasteiger partial charge in [0.2, 0.25) is 0 Å². The molecule has 1 N–H and O–H groups in total. The molecule has 2 atom stereocenters. The number of morpholine rings is 1. The number of hydrogen-bond acceptors (Lipinski definition) is 4. The maximum absolute atomic E-state index is 5.71. The van der Waals surface area contributed by atoms with Crippen molar-refractivity contribution in [3.05, 3.63) is 24.0 Å². The van der Waals surface area contributed by atoms with E-state index in [0.717, 1.165) is 32.7 Å². The summed E-state index contributed by atoms with van der Waals surface area (Å²) >= 11 is 0. The summed E-state index contributed by atoms with van der Waals surface area (Å²) in [6.45, 7) is 10.2. The molecule has 2 unspecified atom stereocenters. The Bertz CT molecular complexity index is 397. The van der Waals surface area contributed by atoms with E-state index in [4.69, 9.17) is 4.74 Å². The van der Waals surface area contributed by atoms with Crippen molar-refractivity contribution in [2.75, 3.05) is 24.6 Å². The number of nitrogens with zero attached hydrogens (tertiary/aromatic N) is 2. The molecule has 1 saturated heterocycles. The van der Waals surface area contributed by atoms with Crippen molar-refractivity contribution in [2.45, 2.75) is 45.9 Å². The van der Waals surface area contributed by atoms with Gasteiger partial charge in [0.25, 0.3) is 0 Å². The van der Waals surface area contributed by atoms with Gasteiger partial charge in [0.15, 0.2) is 0 Å².